The van der Waals surface area contributed by atoms with Crippen molar-refractivity contribution in [3.05, 3.63) is 40.4 Å². The summed E-state index contributed by atoms with van der Waals surface area (Å²) in [4.78, 5) is 15.0. The number of Topliss-reactive ketones (excluding diaryl/α,β-unsaturated/α-hetero) is 1. The minimum Gasteiger partial charge on any atom is -0.493 e. The van der Waals surface area contributed by atoms with E-state index in [1.165, 1.54) is 44.4 Å². The van der Waals surface area contributed by atoms with E-state index in [2.05, 4.69) is 22.3 Å². The molecule has 1 aromatic heterocycles. The number of methoxy groups -OCH3 is 3. The maximum absolute atomic E-state index is 13.3. The largest absolute Gasteiger partial charge is 0.493 e. The molecule has 12 heteroatoms. The van der Waals surface area contributed by atoms with Gasteiger partial charge in [0.15, 0.2) is 21.6 Å². The molecule has 0 fully saturated rings. The van der Waals surface area contributed by atoms with Crippen LogP contribution in [0.3, 0.4) is 0 Å². The first kappa shape index (κ1) is 24.4. The van der Waals surface area contributed by atoms with Crippen LogP contribution < -0.4 is 24.8 Å². The van der Waals surface area contributed by atoms with Crippen molar-refractivity contribution in [3.63, 3.8) is 0 Å². The lowest BCUT2D eigenvalue weighted by molar-refractivity contribution is -0.116. The van der Waals surface area contributed by atoms with Crippen molar-refractivity contribution in [2.75, 3.05) is 32.0 Å². The van der Waals surface area contributed by atoms with Crippen LogP contribution >= 0.6 is 23.1 Å². The number of carbonyl (C=O) groups excluding carboxylic acids is 1. The molecule has 2 aromatic rings. The molecule has 0 radical (unpaired) electrons. The van der Waals surface area contributed by atoms with E-state index in [1.807, 2.05) is 0 Å². The first-order valence-electron chi connectivity index (χ1n) is 10.6. The highest BCUT2D eigenvalue weighted by atomic mass is 32.2. The van der Waals surface area contributed by atoms with Crippen molar-refractivity contribution < 1.29 is 19.0 Å². The number of nitrogens with two attached hydrogens (primary N) is 1. The van der Waals surface area contributed by atoms with Crippen LogP contribution in [-0.2, 0) is 4.79 Å². The minimum absolute atomic E-state index is 0.0566. The molecule has 0 bridgehead atoms. The summed E-state index contributed by atoms with van der Waals surface area (Å²) in [6, 6.07) is 7.75. The smallest absolute Gasteiger partial charge is 0.219 e. The van der Waals surface area contributed by atoms with Gasteiger partial charge in [-0.1, -0.05) is 23.1 Å². The lowest BCUT2D eigenvalue weighted by Gasteiger charge is -2.38. The Kier molecular flexibility index (Phi) is 7.15. The minimum atomic E-state index is -0.701. The second-order valence-electron chi connectivity index (χ2n) is 7.57. The summed E-state index contributed by atoms with van der Waals surface area (Å²) in [7, 11) is 4.52. The number of allylic oxidation sites excluding steroid dienone is 3. The van der Waals surface area contributed by atoms with E-state index in [0.717, 1.165) is 0 Å². The molecule has 180 valence electrons. The Labute approximate surface area is 210 Å². The standard InChI is InChI=1S/C23H22N6O4S2/c1-31-16-9-12(10-17(32-2)20(16)33-3)18-13(11-25)21(26)29(14-5-4-6-15(30)19(14)18)22-27-28-23(35-22)34-8-7-24/h9-10,18H,4-6,8,26H2,1-3H3. The van der Waals surface area contributed by atoms with Gasteiger partial charge >= 0.3 is 0 Å². The van der Waals surface area contributed by atoms with Crippen LogP contribution in [0.1, 0.15) is 30.7 Å². The van der Waals surface area contributed by atoms with Gasteiger partial charge in [0.25, 0.3) is 0 Å². The molecule has 4 rings (SSSR count). The number of ketones is 1. The van der Waals surface area contributed by atoms with Crippen LogP contribution in [0.15, 0.2) is 39.1 Å². The molecule has 0 amide bonds. The van der Waals surface area contributed by atoms with Gasteiger partial charge in [-0.05, 0) is 30.5 Å². The zero-order chi connectivity index (χ0) is 25.1. The van der Waals surface area contributed by atoms with Gasteiger partial charge in [-0.15, -0.1) is 10.2 Å². The Bertz CT molecular complexity index is 1290. The monoisotopic (exact) mass is 510 g/mol. The average Bonchev–Trinajstić information content (AvgIpc) is 3.34. The van der Waals surface area contributed by atoms with Crippen molar-refractivity contribution in [1.29, 1.82) is 10.5 Å². The van der Waals surface area contributed by atoms with Crippen LogP contribution in [-0.4, -0.2) is 43.1 Å². The molecule has 2 N–H and O–H groups in total. The number of anilines is 1. The fourth-order valence-electron chi connectivity index (χ4n) is 4.35. The Balaban J connectivity index is 1.92. The lowest BCUT2D eigenvalue weighted by atomic mass is 9.75. The number of hydrogen-bond acceptors (Lipinski definition) is 12. The van der Waals surface area contributed by atoms with Gasteiger partial charge in [0.1, 0.15) is 5.82 Å². The summed E-state index contributed by atoms with van der Waals surface area (Å²) >= 11 is 2.52. The zero-order valence-corrected chi connectivity index (χ0v) is 21.0. The molecule has 1 aromatic carbocycles. The topological polar surface area (TPSA) is 147 Å². The highest BCUT2D eigenvalue weighted by molar-refractivity contribution is 8.01. The number of aromatic nitrogens is 2. The number of ether oxygens (including phenoxy) is 3. The van der Waals surface area contributed by atoms with Gasteiger partial charge < -0.3 is 19.9 Å². The molecule has 1 aliphatic heterocycles. The van der Waals surface area contributed by atoms with Gasteiger partial charge in [-0.3, -0.25) is 9.69 Å². The molecular formula is C23H22N6O4S2. The Hall–Kier alpha value is -3.74. The van der Waals surface area contributed by atoms with Gasteiger partial charge in [0.05, 0.1) is 50.7 Å². The first-order valence-corrected chi connectivity index (χ1v) is 12.4. The molecule has 0 spiro atoms. The van der Waals surface area contributed by atoms with Crippen LogP contribution in [0.25, 0.3) is 0 Å². The molecule has 1 unspecified atom stereocenters. The second kappa shape index (κ2) is 10.3. The van der Waals surface area contributed by atoms with E-state index in [9.17, 15) is 10.1 Å². The fourth-order valence-corrected chi connectivity index (χ4v) is 5.89. The van der Waals surface area contributed by atoms with Crippen molar-refractivity contribution in [1.82, 2.24) is 10.2 Å². The van der Waals surface area contributed by atoms with Gasteiger partial charge in [0.2, 0.25) is 10.9 Å². The highest BCUT2D eigenvalue weighted by Gasteiger charge is 2.42. The normalized spacial score (nSPS) is 17.6. The van der Waals surface area contributed by atoms with E-state index >= 15 is 0 Å². The summed E-state index contributed by atoms with van der Waals surface area (Å²) in [5.41, 5.74) is 8.63. The molecule has 1 atom stereocenters. The van der Waals surface area contributed by atoms with E-state index in [1.54, 1.807) is 17.0 Å². The van der Waals surface area contributed by atoms with E-state index < -0.39 is 5.92 Å². The molecule has 2 aliphatic rings. The lowest BCUT2D eigenvalue weighted by Crippen LogP contribution is -2.38. The van der Waals surface area contributed by atoms with Crippen molar-refractivity contribution in [2.45, 2.75) is 29.5 Å². The number of rotatable bonds is 7. The predicted octanol–water partition coefficient (Wildman–Crippen LogP) is 3.48. The van der Waals surface area contributed by atoms with Crippen LogP contribution in [0.2, 0.25) is 0 Å². The molecule has 2 heterocycles. The number of nitriles is 2. The van der Waals surface area contributed by atoms with Crippen LogP contribution in [0.5, 0.6) is 17.2 Å². The second-order valence-corrected chi connectivity index (χ2v) is 9.75. The molecule has 1 aliphatic carbocycles. The van der Waals surface area contributed by atoms with E-state index in [0.29, 0.717) is 62.8 Å². The number of nitrogens with zero attached hydrogens (tertiary/aromatic N) is 5. The molecular weight excluding hydrogens is 488 g/mol. The summed E-state index contributed by atoms with van der Waals surface area (Å²) in [5.74, 6) is 0.897. The molecule has 0 saturated carbocycles. The average molecular weight is 511 g/mol. The number of carbonyl (C=O) groups is 1. The predicted molar refractivity (Wildman–Crippen MR) is 130 cm³/mol. The summed E-state index contributed by atoms with van der Waals surface area (Å²) < 4.78 is 17.0. The summed E-state index contributed by atoms with van der Waals surface area (Å²) in [6.07, 6.45) is 1.60. The van der Waals surface area contributed by atoms with Crippen molar-refractivity contribution in [3.8, 4) is 29.4 Å². The maximum Gasteiger partial charge on any atom is 0.219 e. The van der Waals surface area contributed by atoms with Gasteiger partial charge in [-0.25, -0.2) is 0 Å². The Morgan fingerprint density at radius 2 is 1.89 bits per heavy atom. The SMILES string of the molecule is COc1cc(C2C(C#N)=C(N)N(c3nnc(SCC#N)s3)C3=C2C(=O)CCC3)cc(OC)c1OC. The van der Waals surface area contributed by atoms with Crippen molar-refractivity contribution >= 4 is 34.0 Å². The Morgan fingerprint density at radius 3 is 2.49 bits per heavy atom. The van der Waals surface area contributed by atoms with Gasteiger partial charge in [0, 0.05) is 17.7 Å². The van der Waals surface area contributed by atoms with E-state index in [-0.39, 0.29) is 22.9 Å². The highest BCUT2D eigenvalue weighted by Crippen LogP contribution is 2.49. The third-order valence-corrected chi connectivity index (χ3v) is 7.69. The molecule has 0 saturated heterocycles. The number of hydrogen-bond donors (Lipinski definition) is 1. The van der Waals surface area contributed by atoms with Crippen molar-refractivity contribution in [2.24, 2.45) is 5.73 Å². The Morgan fingerprint density at radius 1 is 1.17 bits per heavy atom. The number of thioether (sulfide) groups is 1. The van der Waals surface area contributed by atoms with Crippen LogP contribution in [0, 0.1) is 22.7 Å². The third-order valence-electron chi connectivity index (χ3n) is 5.78. The fraction of sp³-hybridized carbons (Fsp3) is 0.348. The zero-order valence-electron chi connectivity index (χ0n) is 19.3. The van der Waals surface area contributed by atoms with Gasteiger partial charge in [-0.2, -0.15) is 10.5 Å². The number of benzene rings is 1. The molecule has 10 nitrogen and oxygen atoms in total. The summed E-state index contributed by atoms with van der Waals surface area (Å²) in [5, 5.41) is 27.9. The quantitative estimate of drug-likeness (QED) is 0.546. The van der Waals surface area contributed by atoms with Crippen LogP contribution in [0.4, 0.5) is 5.13 Å². The first-order chi connectivity index (χ1) is 17.0. The molecule has 35 heavy (non-hydrogen) atoms. The summed E-state index contributed by atoms with van der Waals surface area (Å²) in [6.45, 7) is 0. The maximum atomic E-state index is 13.3. The third kappa shape index (κ3) is 4.27. The van der Waals surface area contributed by atoms with E-state index in [4.69, 9.17) is 25.2 Å².